The normalized spacial score (nSPS) is 17.7. The predicted molar refractivity (Wildman–Crippen MR) is 94.3 cm³/mol. The van der Waals surface area contributed by atoms with Crippen LogP contribution in [0.2, 0.25) is 0 Å². The van der Waals surface area contributed by atoms with Crippen LogP contribution in [-0.2, 0) is 16.1 Å². The number of carbonyl (C=O) groups is 2. The van der Waals surface area contributed by atoms with Crippen LogP contribution < -0.4 is 5.32 Å². The number of hydrogen-bond acceptors (Lipinski definition) is 3. The lowest BCUT2D eigenvalue weighted by Gasteiger charge is -2.18. The minimum Gasteiger partial charge on any atom is -0.350 e. The molecule has 0 bridgehead atoms. The van der Waals surface area contributed by atoms with E-state index in [0.29, 0.717) is 25.3 Å². The van der Waals surface area contributed by atoms with Crippen LogP contribution in [0.3, 0.4) is 0 Å². The van der Waals surface area contributed by atoms with Gasteiger partial charge in [-0.15, -0.1) is 0 Å². The van der Waals surface area contributed by atoms with E-state index in [1.807, 2.05) is 29.4 Å². The number of fused-ring (bicyclic) bond motifs is 1. The summed E-state index contributed by atoms with van der Waals surface area (Å²) in [5.41, 5.74) is 1.15. The molecule has 4 nitrogen and oxygen atoms in total. The van der Waals surface area contributed by atoms with E-state index in [4.69, 9.17) is 0 Å². The van der Waals surface area contributed by atoms with Gasteiger partial charge in [0.15, 0.2) is 0 Å². The third kappa shape index (κ3) is 3.67. The largest absolute Gasteiger partial charge is 0.350 e. The summed E-state index contributed by atoms with van der Waals surface area (Å²) >= 11 is 1.49. The molecule has 1 heterocycles. The maximum absolute atomic E-state index is 12.2. The van der Waals surface area contributed by atoms with Crippen molar-refractivity contribution in [3.8, 4) is 0 Å². The van der Waals surface area contributed by atoms with Crippen molar-refractivity contribution in [1.29, 1.82) is 0 Å². The molecule has 120 valence electrons. The first kappa shape index (κ1) is 15.9. The quantitative estimate of drug-likeness (QED) is 0.917. The highest BCUT2D eigenvalue weighted by molar-refractivity contribution is 7.99. The van der Waals surface area contributed by atoms with Gasteiger partial charge in [-0.1, -0.05) is 42.5 Å². The van der Waals surface area contributed by atoms with Crippen molar-refractivity contribution in [3.63, 3.8) is 0 Å². The summed E-state index contributed by atoms with van der Waals surface area (Å²) in [5, 5.41) is 5.30. The van der Waals surface area contributed by atoms with Crippen LogP contribution in [0.5, 0.6) is 0 Å². The number of amides is 2. The zero-order valence-corrected chi connectivity index (χ0v) is 13.9. The van der Waals surface area contributed by atoms with Gasteiger partial charge in [-0.3, -0.25) is 9.59 Å². The van der Waals surface area contributed by atoms with Crippen LogP contribution in [0.15, 0.2) is 42.5 Å². The highest BCUT2D eigenvalue weighted by Gasteiger charge is 2.30. The minimum absolute atomic E-state index is 0.00214. The smallest absolute Gasteiger partial charge is 0.230 e. The molecular formula is C18H20N2O2S. The van der Waals surface area contributed by atoms with E-state index in [2.05, 4.69) is 29.6 Å². The molecular weight excluding hydrogens is 308 g/mol. The first-order chi connectivity index (χ1) is 11.2. The van der Waals surface area contributed by atoms with Gasteiger partial charge in [-0.25, -0.2) is 0 Å². The zero-order valence-electron chi connectivity index (χ0n) is 13.1. The van der Waals surface area contributed by atoms with Gasteiger partial charge in [0.25, 0.3) is 0 Å². The van der Waals surface area contributed by atoms with Crippen molar-refractivity contribution in [3.05, 3.63) is 48.0 Å². The van der Waals surface area contributed by atoms with Crippen molar-refractivity contribution in [2.75, 3.05) is 18.6 Å². The predicted octanol–water partition coefficient (Wildman–Crippen LogP) is 2.42. The maximum Gasteiger partial charge on any atom is 0.230 e. The van der Waals surface area contributed by atoms with Gasteiger partial charge in [0, 0.05) is 19.5 Å². The van der Waals surface area contributed by atoms with E-state index in [-0.39, 0.29) is 17.9 Å². The summed E-state index contributed by atoms with van der Waals surface area (Å²) in [4.78, 5) is 25.8. The molecule has 0 saturated carbocycles. The van der Waals surface area contributed by atoms with Crippen LogP contribution in [0.25, 0.3) is 10.8 Å². The second-order valence-electron chi connectivity index (χ2n) is 5.81. The summed E-state index contributed by atoms with van der Waals surface area (Å²) in [5.74, 6) is 0.545. The van der Waals surface area contributed by atoms with E-state index < -0.39 is 0 Å². The number of hydrogen-bond donors (Lipinski definition) is 1. The Morgan fingerprint density at radius 3 is 2.87 bits per heavy atom. The zero-order chi connectivity index (χ0) is 16.2. The third-order valence-corrected chi connectivity index (χ3v) is 4.65. The fraction of sp³-hybridized carbons (Fsp3) is 0.333. The Bertz CT molecular complexity index is 727. The fourth-order valence-corrected chi connectivity index (χ4v) is 3.40. The number of nitrogens with zero attached hydrogens (tertiary/aromatic N) is 1. The summed E-state index contributed by atoms with van der Waals surface area (Å²) in [6.07, 6.45) is 2.29. The topological polar surface area (TPSA) is 49.4 Å². The summed E-state index contributed by atoms with van der Waals surface area (Å²) in [6, 6.07) is 14.3. The number of likely N-dealkylation sites (tertiary alicyclic amines) is 1. The lowest BCUT2D eigenvalue weighted by molar-refractivity contribution is -0.128. The molecule has 3 rings (SSSR count). The third-order valence-electron chi connectivity index (χ3n) is 4.10. The van der Waals surface area contributed by atoms with E-state index >= 15 is 0 Å². The number of benzene rings is 2. The Balaban J connectivity index is 1.70. The highest BCUT2D eigenvalue weighted by atomic mass is 32.2. The fourth-order valence-electron chi connectivity index (χ4n) is 3.06. The molecule has 1 saturated heterocycles. The average molecular weight is 328 g/mol. The molecule has 1 aliphatic rings. The molecule has 2 aromatic carbocycles. The average Bonchev–Trinajstić information content (AvgIpc) is 2.87. The monoisotopic (exact) mass is 328 g/mol. The van der Waals surface area contributed by atoms with Crippen LogP contribution in [-0.4, -0.2) is 41.3 Å². The molecule has 0 aliphatic carbocycles. The first-order valence-corrected chi connectivity index (χ1v) is 9.09. The van der Waals surface area contributed by atoms with E-state index in [1.54, 1.807) is 0 Å². The van der Waals surface area contributed by atoms with Gasteiger partial charge in [-0.05, 0) is 22.6 Å². The summed E-state index contributed by atoms with van der Waals surface area (Å²) in [6.45, 7) is 1.18. The number of thioether (sulfide) groups is 1. The molecule has 0 radical (unpaired) electrons. The second kappa shape index (κ2) is 7.04. The van der Waals surface area contributed by atoms with Crippen molar-refractivity contribution in [2.45, 2.75) is 19.0 Å². The number of carbonyl (C=O) groups excluding carboxylic acids is 2. The van der Waals surface area contributed by atoms with E-state index in [9.17, 15) is 9.59 Å². The van der Waals surface area contributed by atoms with Gasteiger partial charge in [0.1, 0.15) is 0 Å². The summed E-state index contributed by atoms with van der Waals surface area (Å²) < 4.78 is 0. The molecule has 1 fully saturated rings. The maximum atomic E-state index is 12.2. The molecule has 1 N–H and O–H groups in total. The molecule has 2 amide bonds. The van der Waals surface area contributed by atoms with Crippen LogP contribution in [0, 0.1) is 0 Å². The van der Waals surface area contributed by atoms with Crippen molar-refractivity contribution in [1.82, 2.24) is 10.2 Å². The number of rotatable bonds is 5. The molecule has 0 spiro atoms. The van der Waals surface area contributed by atoms with Crippen molar-refractivity contribution < 1.29 is 9.59 Å². The van der Waals surface area contributed by atoms with Crippen molar-refractivity contribution in [2.24, 2.45) is 0 Å². The Morgan fingerprint density at radius 1 is 1.26 bits per heavy atom. The first-order valence-electron chi connectivity index (χ1n) is 7.70. The highest BCUT2D eigenvalue weighted by Crippen LogP contribution is 2.22. The second-order valence-corrected chi connectivity index (χ2v) is 6.68. The Morgan fingerprint density at radius 2 is 2.04 bits per heavy atom. The molecule has 5 heteroatoms. The van der Waals surface area contributed by atoms with Crippen molar-refractivity contribution >= 4 is 34.3 Å². The SMILES string of the molecule is CSCC(=O)N[C@@H]1CC(=O)N(Cc2cccc3ccccc23)C1. The number of nitrogens with one attached hydrogen (secondary N) is 1. The van der Waals surface area contributed by atoms with Crippen LogP contribution >= 0.6 is 11.8 Å². The van der Waals surface area contributed by atoms with Gasteiger partial charge in [0.05, 0.1) is 11.8 Å². The van der Waals surface area contributed by atoms with Gasteiger partial charge >= 0.3 is 0 Å². The molecule has 0 aromatic heterocycles. The Hall–Kier alpha value is -2.01. The standard InChI is InChI=1S/C18H20N2O2S/c1-23-12-17(21)19-15-9-18(22)20(11-15)10-14-7-4-6-13-5-2-3-8-16(13)14/h2-8,15H,9-12H2,1H3,(H,19,21)/t15-/m1/s1. The molecule has 1 atom stereocenters. The molecule has 2 aromatic rings. The Labute approximate surface area is 140 Å². The van der Waals surface area contributed by atoms with Gasteiger partial charge in [-0.2, -0.15) is 11.8 Å². The molecule has 0 unspecified atom stereocenters. The lowest BCUT2D eigenvalue weighted by Crippen LogP contribution is -2.37. The van der Waals surface area contributed by atoms with Crippen LogP contribution in [0.1, 0.15) is 12.0 Å². The van der Waals surface area contributed by atoms with Gasteiger partial charge < -0.3 is 10.2 Å². The lowest BCUT2D eigenvalue weighted by atomic mass is 10.0. The molecule has 23 heavy (non-hydrogen) atoms. The van der Waals surface area contributed by atoms with E-state index in [1.165, 1.54) is 22.5 Å². The van der Waals surface area contributed by atoms with E-state index in [0.717, 1.165) is 5.56 Å². The minimum atomic E-state index is -0.0721. The molecule has 1 aliphatic heterocycles. The van der Waals surface area contributed by atoms with Gasteiger partial charge in [0.2, 0.25) is 11.8 Å². The summed E-state index contributed by atoms with van der Waals surface area (Å²) in [7, 11) is 0. The Kier molecular flexibility index (Phi) is 4.86. The van der Waals surface area contributed by atoms with Crippen LogP contribution in [0.4, 0.5) is 0 Å².